The van der Waals surface area contributed by atoms with Gasteiger partial charge in [-0.25, -0.2) is 8.78 Å². The van der Waals surface area contributed by atoms with E-state index in [1.165, 1.54) is 6.07 Å². The van der Waals surface area contributed by atoms with Crippen LogP contribution in [0.4, 0.5) is 8.78 Å². The molecule has 0 saturated carbocycles. The SMILES string of the molecule is CSC(C)CCNCC(O)c1c(F)cccc1F. The Balaban J connectivity index is 2.43. The zero-order valence-electron chi connectivity index (χ0n) is 10.6. The van der Waals surface area contributed by atoms with Crippen molar-refractivity contribution < 1.29 is 13.9 Å². The van der Waals surface area contributed by atoms with Crippen molar-refractivity contribution >= 4 is 11.8 Å². The molecule has 0 fully saturated rings. The van der Waals surface area contributed by atoms with Crippen LogP contribution in [0.25, 0.3) is 0 Å². The third-order valence-corrected chi connectivity index (χ3v) is 3.84. The Bertz CT molecular complexity index is 356. The molecule has 2 nitrogen and oxygen atoms in total. The molecule has 2 atom stereocenters. The zero-order valence-corrected chi connectivity index (χ0v) is 11.4. The van der Waals surface area contributed by atoms with Crippen LogP contribution in [0.3, 0.4) is 0 Å². The summed E-state index contributed by atoms with van der Waals surface area (Å²) in [4.78, 5) is 0. The molecule has 0 amide bonds. The maximum Gasteiger partial charge on any atom is 0.131 e. The summed E-state index contributed by atoms with van der Waals surface area (Å²) in [5.74, 6) is -1.41. The van der Waals surface area contributed by atoms with Crippen LogP contribution in [0.2, 0.25) is 0 Å². The van der Waals surface area contributed by atoms with Crippen LogP contribution < -0.4 is 5.32 Å². The van der Waals surface area contributed by atoms with Crippen LogP contribution in [-0.2, 0) is 0 Å². The van der Waals surface area contributed by atoms with Crippen molar-refractivity contribution in [2.24, 2.45) is 0 Å². The fourth-order valence-electron chi connectivity index (χ4n) is 1.59. The van der Waals surface area contributed by atoms with Crippen molar-refractivity contribution in [3.05, 3.63) is 35.4 Å². The topological polar surface area (TPSA) is 32.3 Å². The second-order valence-electron chi connectivity index (χ2n) is 4.19. The quantitative estimate of drug-likeness (QED) is 0.751. The molecule has 2 unspecified atom stereocenters. The lowest BCUT2D eigenvalue weighted by Crippen LogP contribution is -2.25. The second kappa shape index (κ2) is 7.71. The molecule has 1 aromatic rings. The van der Waals surface area contributed by atoms with E-state index < -0.39 is 17.7 Å². The van der Waals surface area contributed by atoms with Crippen LogP contribution in [0.5, 0.6) is 0 Å². The van der Waals surface area contributed by atoms with Gasteiger partial charge in [-0.15, -0.1) is 0 Å². The maximum atomic E-state index is 13.4. The molecule has 2 N–H and O–H groups in total. The molecule has 0 aliphatic heterocycles. The van der Waals surface area contributed by atoms with Gasteiger partial charge in [0.2, 0.25) is 0 Å². The van der Waals surface area contributed by atoms with Gasteiger partial charge in [0.1, 0.15) is 11.6 Å². The molecule has 0 aliphatic carbocycles. The summed E-state index contributed by atoms with van der Waals surface area (Å²) in [6.45, 7) is 2.98. The number of aliphatic hydroxyl groups is 1. The average Bonchev–Trinajstić information content (AvgIpc) is 2.34. The molecule has 102 valence electrons. The maximum absolute atomic E-state index is 13.4. The Morgan fingerprint density at radius 1 is 1.33 bits per heavy atom. The molecule has 1 rings (SSSR count). The Labute approximate surface area is 111 Å². The van der Waals surface area contributed by atoms with Crippen molar-refractivity contribution in [2.75, 3.05) is 19.3 Å². The van der Waals surface area contributed by atoms with Crippen LogP contribution in [0.15, 0.2) is 18.2 Å². The molecule has 0 aliphatic rings. The lowest BCUT2D eigenvalue weighted by Gasteiger charge is -2.14. The predicted molar refractivity (Wildman–Crippen MR) is 71.8 cm³/mol. The highest BCUT2D eigenvalue weighted by molar-refractivity contribution is 7.99. The van der Waals surface area contributed by atoms with Crippen molar-refractivity contribution in [3.8, 4) is 0 Å². The number of halogens is 2. The van der Waals surface area contributed by atoms with Crippen molar-refractivity contribution in [1.29, 1.82) is 0 Å². The Kier molecular flexibility index (Phi) is 6.60. The van der Waals surface area contributed by atoms with E-state index in [2.05, 4.69) is 12.2 Å². The van der Waals surface area contributed by atoms with Gasteiger partial charge in [-0.2, -0.15) is 11.8 Å². The first-order chi connectivity index (χ1) is 8.56. The normalized spacial score (nSPS) is 14.5. The summed E-state index contributed by atoms with van der Waals surface area (Å²) >= 11 is 1.76. The highest BCUT2D eigenvalue weighted by atomic mass is 32.2. The Hall–Kier alpha value is -0.650. The lowest BCUT2D eigenvalue weighted by atomic mass is 10.1. The minimum atomic E-state index is -1.16. The molecular weight excluding hydrogens is 256 g/mol. The van der Waals surface area contributed by atoms with Crippen LogP contribution in [-0.4, -0.2) is 29.7 Å². The van der Waals surface area contributed by atoms with Crippen molar-refractivity contribution in [3.63, 3.8) is 0 Å². The molecule has 18 heavy (non-hydrogen) atoms. The first-order valence-corrected chi connectivity index (χ1v) is 7.20. The average molecular weight is 275 g/mol. The number of thioether (sulfide) groups is 1. The van der Waals surface area contributed by atoms with Crippen molar-refractivity contribution in [2.45, 2.75) is 24.7 Å². The standard InChI is InChI=1S/C13H19F2NOS/c1-9(18-2)6-7-16-8-12(17)13-10(14)4-3-5-11(13)15/h3-5,9,12,16-17H,6-8H2,1-2H3. The summed E-state index contributed by atoms with van der Waals surface area (Å²) < 4.78 is 26.7. The molecule has 5 heteroatoms. The van der Waals surface area contributed by atoms with Gasteiger partial charge in [0.25, 0.3) is 0 Å². The van der Waals surface area contributed by atoms with E-state index in [4.69, 9.17) is 0 Å². The minimum Gasteiger partial charge on any atom is -0.387 e. The molecule has 0 spiro atoms. The number of aliphatic hydroxyl groups excluding tert-OH is 1. The van der Waals surface area contributed by atoms with E-state index in [0.29, 0.717) is 5.25 Å². The van der Waals surface area contributed by atoms with E-state index in [-0.39, 0.29) is 12.1 Å². The van der Waals surface area contributed by atoms with Crippen LogP contribution >= 0.6 is 11.8 Å². The van der Waals surface area contributed by atoms with E-state index in [1.807, 2.05) is 6.26 Å². The van der Waals surface area contributed by atoms with Gasteiger partial charge in [-0.05, 0) is 31.4 Å². The van der Waals surface area contributed by atoms with E-state index in [1.54, 1.807) is 11.8 Å². The number of hydrogen-bond acceptors (Lipinski definition) is 3. The number of nitrogens with one attached hydrogen (secondary N) is 1. The minimum absolute atomic E-state index is 0.152. The first-order valence-electron chi connectivity index (χ1n) is 5.91. The smallest absolute Gasteiger partial charge is 0.131 e. The van der Waals surface area contributed by atoms with Gasteiger partial charge >= 0.3 is 0 Å². The molecule has 0 radical (unpaired) electrons. The molecule has 0 heterocycles. The predicted octanol–water partition coefficient (Wildman–Crippen LogP) is 2.73. The summed E-state index contributed by atoms with van der Waals surface area (Å²) in [6, 6.07) is 3.59. The van der Waals surface area contributed by atoms with Crippen LogP contribution in [0, 0.1) is 11.6 Å². The third kappa shape index (κ3) is 4.55. The van der Waals surface area contributed by atoms with E-state index >= 15 is 0 Å². The van der Waals surface area contributed by atoms with Gasteiger partial charge in [-0.3, -0.25) is 0 Å². The van der Waals surface area contributed by atoms with Gasteiger partial charge in [-0.1, -0.05) is 13.0 Å². The van der Waals surface area contributed by atoms with Gasteiger partial charge in [0.05, 0.1) is 11.7 Å². The summed E-state index contributed by atoms with van der Waals surface area (Å²) in [7, 11) is 0. The van der Waals surface area contributed by atoms with Gasteiger partial charge in [0.15, 0.2) is 0 Å². The van der Waals surface area contributed by atoms with Gasteiger partial charge in [0, 0.05) is 11.8 Å². The molecule has 0 saturated heterocycles. The summed E-state index contributed by atoms with van der Waals surface area (Å²) in [5.41, 5.74) is -0.261. The molecule has 1 aromatic carbocycles. The molecular formula is C13H19F2NOS. The Morgan fingerprint density at radius 2 is 1.94 bits per heavy atom. The summed E-state index contributed by atoms with van der Waals surface area (Å²) in [5, 5.41) is 13.3. The third-order valence-electron chi connectivity index (χ3n) is 2.80. The lowest BCUT2D eigenvalue weighted by molar-refractivity contribution is 0.165. The second-order valence-corrected chi connectivity index (χ2v) is 5.47. The Morgan fingerprint density at radius 3 is 2.50 bits per heavy atom. The van der Waals surface area contributed by atoms with E-state index in [9.17, 15) is 13.9 Å². The van der Waals surface area contributed by atoms with Crippen LogP contribution in [0.1, 0.15) is 25.0 Å². The van der Waals surface area contributed by atoms with Gasteiger partial charge < -0.3 is 10.4 Å². The highest BCUT2D eigenvalue weighted by Gasteiger charge is 2.17. The number of rotatable bonds is 7. The zero-order chi connectivity index (χ0) is 13.5. The largest absolute Gasteiger partial charge is 0.387 e. The first kappa shape index (κ1) is 15.4. The monoisotopic (exact) mass is 275 g/mol. The fraction of sp³-hybridized carbons (Fsp3) is 0.538. The number of benzene rings is 1. The van der Waals surface area contributed by atoms with Crippen molar-refractivity contribution in [1.82, 2.24) is 5.32 Å². The molecule has 0 aromatic heterocycles. The fourth-order valence-corrected chi connectivity index (χ4v) is 1.95. The van der Waals surface area contributed by atoms with E-state index in [0.717, 1.165) is 25.1 Å². The number of hydrogen-bond donors (Lipinski definition) is 2. The summed E-state index contributed by atoms with van der Waals surface area (Å²) in [6.07, 6.45) is 1.83. The highest BCUT2D eigenvalue weighted by Crippen LogP contribution is 2.19. The molecule has 0 bridgehead atoms.